The maximum Gasteiger partial charge on any atom is 0.218 e. The molecule has 0 fully saturated rings. The first-order valence-electron chi connectivity index (χ1n) is 6.08. The number of hydrogen-bond acceptors (Lipinski definition) is 5. The molecule has 2 N–H and O–H groups in total. The highest BCUT2D eigenvalue weighted by Crippen LogP contribution is 2.27. The molecule has 2 aromatic heterocycles. The number of ether oxygens (including phenoxy) is 2. The minimum atomic E-state index is -0.350. The molecule has 100 valence electrons. The predicted octanol–water partition coefficient (Wildman–Crippen LogP) is 1.93. The van der Waals surface area contributed by atoms with Crippen LogP contribution >= 0.6 is 0 Å². The van der Waals surface area contributed by atoms with E-state index < -0.39 is 0 Å². The fourth-order valence-electron chi connectivity index (χ4n) is 1.84. The Bertz CT molecular complexity index is 546. The molecule has 0 aliphatic heterocycles. The van der Waals surface area contributed by atoms with Crippen LogP contribution in [0.2, 0.25) is 0 Å². The molecule has 1 unspecified atom stereocenters. The molecular weight excluding hydrogens is 242 g/mol. The molecule has 0 aliphatic rings. The predicted molar refractivity (Wildman–Crippen MR) is 72.2 cm³/mol. The topological polar surface area (TPSA) is 70.3 Å². The zero-order valence-corrected chi connectivity index (χ0v) is 11.0. The Balaban J connectivity index is 2.32. The van der Waals surface area contributed by atoms with E-state index in [0.717, 1.165) is 11.1 Å². The van der Waals surface area contributed by atoms with Gasteiger partial charge in [-0.05, 0) is 24.6 Å². The summed E-state index contributed by atoms with van der Waals surface area (Å²) in [6.45, 7) is 2.52. The molecule has 0 radical (unpaired) electrons. The van der Waals surface area contributed by atoms with Gasteiger partial charge in [-0.25, -0.2) is 4.98 Å². The van der Waals surface area contributed by atoms with Crippen molar-refractivity contribution in [2.45, 2.75) is 13.0 Å². The van der Waals surface area contributed by atoms with Crippen molar-refractivity contribution in [3.63, 3.8) is 0 Å². The molecule has 0 bridgehead atoms. The molecule has 0 amide bonds. The van der Waals surface area contributed by atoms with Gasteiger partial charge < -0.3 is 15.2 Å². The zero-order valence-electron chi connectivity index (χ0n) is 11.0. The molecule has 19 heavy (non-hydrogen) atoms. The summed E-state index contributed by atoms with van der Waals surface area (Å²) in [7, 11) is 1.58. The number of nitrogens with two attached hydrogens (primary N) is 1. The molecule has 0 spiro atoms. The van der Waals surface area contributed by atoms with Crippen LogP contribution in [0.5, 0.6) is 11.6 Å². The lowest BCUT2D eigenvalue weighted by molar-refractivity contribution is 0.338. The Hall–Kier alpha value is -2.14. The van der Waals surface area contributed by atoms with Gasteiger partial charge in [0.25, 0.3) is 0 Å². The molecule has 2 heterocycles. The number of methoxy groups -OCH3 is 1. The smallest absolute Gasteiger partial charge is 0.218 e. The molecular formula is C14H17N3O2. The highest BCUT2D eigenvalue weighted by atomic mass is 16.5. The van der Waals surface area contributed by atoms with Crippen molar-refractivity contribution in [3.05, 3.63) is 47.9 Å². The van der Waals surface area contributed by atoms with Crippen molar-refractivity contribution in [2.24, 2.45) is 5.73 Å². The molecule has 0 saturated heterocycles. The molecule has 1 atom stereocenters. The third-order valence-electron chi connectivity index (χ3n) is 2.73. The van der Waals surface area contributed by atoms with Gasteiger partial charge in [-0.2, -0.15) is 0 Å². The van der Waals surface area contributed by atoms with E-state index in [1.54, 1.807) is 25.7 Å². The molecule has 5 nitrogen and oxygen atoms in total. The summed E-state index contributed by atoms with van der Waals surface area (Å²) in [5, 5.41) is 0. The second kappa shape index (κ2) is 6.15. The summed E-state index contributed by atoms with van der Waals surface area (Å²) in [6, 6.07) is 5.26. The van der Waals surface area contributed by atoms with E-state index in [-0.39, 0.29) is 6.04 Å². The van der Waals surface area contributed by atoms with Crippen molar-refractivity contribution in [1.82, 2.24) is 9.97 Å². The number of hydrogen-bond donors (Lipinski definition) is 1. The monoisotopic (exact) mass is 259 g/mol. The lowest BCUT2D eigenvalue weighted by atomic mass is 10.0. The van der Waals surface area contributed by atoms with Gasteiger partial charge in [0.05, 0.1) is 26.0 Å². The fraction of sp³-hybridized carbons (Fsp3) is 0.286. The van der Waals surface area contributed by atoms with Crippen molar-refractivity contribution in [1.29, 1.82) is 0 Å². The molecule has 0 saturated carbocycles. The standard InChI is InChI=1S/C14H17N3O2/c1-3-19-11-7-10(8-16-9-11)13(15)12-5-4-6-17-14(12)18-2/h4-9,13H,3,15H2,1-2H3. The number of aromatic nitrogens is 2. The second-order valence-electron chi connectivity index (χ2n) is 3.97. The van der Waals surface area contributed by atoms with Gasteiger partial charge in [-0.1, -0.05) is 6.07 Å². The van der Waals surface area contributed by atoms with Gasteiger partial charge in [0.15, 0.2) is 0 Å². The molecule has 0 aliphatic carbocycles. The van der Waals surface area contributed by atoms with Gasteiger partial charge in [-0.15, -0.1) is 0 Å². The highest BCUT2D eigenvalue weighted by molar-refractivity contribution is 5.38. The SMILES string of the molecule is CCOc1cncc(C(N)c2cccnc2OC)c1. The second-order valence-corrected chi connectivity index (χ2v) is 3.97. The van der Waals surface area contributed by atoms with Gasteiger partial charge in [0.2, 0.25) is 5.88 Å². The van der Waals surface area contributed by atoms with Crippen molar-refractivity contribution < 1.29 is 9.47 Å². The minimum absolute atomic E-state index is 0.350. The average molecular weight is 259 g/mol. The van der Waals surface area contributed by atoms with Crippen molar-refractivity contribution in [2.75, 3.05) is 13.7 Å². The average Bonchev–Trinajstić information content (AvgIpc) is 2.47. The van der Waals surface area contributed by atoms with Gasteiger partial charge in [0, 0.05) is 18.0 Å². The van der Waals surface area contributed by atoms with Crippen LogP contribution in [-0.4, -0.2) is 23.7 Å². The first-order valence-corrected chi connectivity index (χ1v) is 6.08. The summed E-state index contributed by atoms with van der Waals surface area (Å²) in [5.41, 5.74) is 7.92. The molecule has 2 rings (SSSR count). The minimum Gasteiger partial charge on any atom is -0.492 e. The van der Waals surface area contributed by atoms with E-state index in [1.165, 1.54) is 0 Å². The Kier molecular flexibility index (Phi) is 4.30. The fourth-order valence-corrected chi connectivity index (χ4v) is 1.84. The van der Waals surface area contributed by atoms with E-state index in [1.807, 2.05) is 25.1 Å². The van der Waals surface area contributed by atoms with Crippen LogP contribution < -0.4 is 15.2 Å². The quantitative estimate of drug-likeness (QED) is 0.888. The third kappa shape index (κ3) is 3.00. The van der Waals surface area contributed by atoms with Gasteiger partial charge >= 0.3 is 0 Å². The Morgan fingerprint density at radius 2 is 2.21 bits per heavy atom. The zero-order chi connectivity index (χ0) is 13.7. The van der Waals surface area contributed by atoms with Crippen LogP contribution in [0.4, 0.5) is 0 Å². The summed E-state index contributed by atoms with van der Waals surface area (Å²) >= 11 is 0. The molecule has 5 heteroatoms. The Morgan fingerprint density at radius 3 is 2.95 bits per heavy atom. The summed E-state index contributed by atoms with van der Waals surface area (Å²) < 4.78 is 10.6. The van der Waals surface area contributed by atoms with Crippen LogP contribution in [0, 0.1) is 0 Å². The van der Waals surface area contributed by atoms with Gasteiger partial charge in [-0.3, -0.25) is 4.98 Å². The number of nitrogens with zero attached hydrogens (tertiary/aromatic N) is 2. The Labute approximate surface area is 112 Å². The maximum absolute atomic E-state index is 6.24. The summed E-state index contributed by atoms with van der Waals surface area (Å²) in [5.74, 6) is 1.23. The van der Waals surface area contributed by atoms with Crippen molar-refractivity contribution >= 4 is 0 Å². The number of pyridine rings is 2. The van der Waals surface area contributed by atoms with E-state index in [9.17, 15) is 0 Å². The molecule has 2 aromatic rings. The van der Waals surface area contributed by atoms with E-state index in [4.69, 9.17) is 15.2 Å². The summed E-state index contributed by atoms with van der Waals surface area (Å²) in [4.78, 5) is 8.29. The van der Waals surface area contributed by atoms with E-state index in [2.05, 4.69) is 9.97 Å². The number of rotatable bonds is 5. The summed E-state index contributed by atoms with van der Waals surface area (Å²) in [6.07, 6.45) is 5.06. The molecule has 0 aromatic carbocycles. The van der Waals surface area contributed by atoms with Crippen LogP contribution in [-0.2, 0) is 0 Å². The van der Waals surface area contributed by atoms with Crippen LogP contribution in [0.1, 0.15) is 24.1 Å². The normalized spacial score (nSPS) is 11.9. The van der Waals surface area contributed by atoms with Crippen LogP contribution in [0.15, 0.2) is 36.8 Å². The maximum atomic E-state index is 6.24. The van der Waals surface area contributed by atoms with E-state index in [0.29, 0.717) is 18.2 Å². The lowest BCUT2D eigenvalue weighted by Crippen LogP contribution is -2.14. The van der Waals surface area contributed by atoms with E-state index >= 15 is 0 Å². The van der Waals surface area contributed by atoms with Crippen molar-refractivity contribution in [3.8, 4) is 11.6 Å². The first kappa shape index (κ1) is 13.3. The van der Waals surface area contributed by atoms with Crippen LogP contribution in [0.3, 0.4) is 0 Å². The lowest BCUT2D eigenvalue weighted by Gasteiger charge is -2.15. The van der Waals surface area contributed by atoms with Gasteiger partial charge in [0.1, 0.15) is 5.75 Å². The Morgan fingerprint density at radius 1 is 1.37 bits per heavy atom. The first-order chi connectivity index (χ1) is 9.26. The van der Waals surface area contributed by atoms with Crippen LogP contribution in [0.25, 0.3) is 0 Å². The highest BCUT2D eigenvalue weighted by Gasteiger charge is 2.15. The largest absolute Gasteiger partial charge is 0.492 e. The third-order valence-corrected chi connectivity index (χ3v) is 2.73.